The summed E-state index contributed by atoms with van der Waals surface area (Å²) < 4.78 is 26.4. The van der Waals surface area contributed by atoms with Gasteiger partial charge in [0.05, 0.1) is 0 Å². The van der Waals surface area contributed by atoms with Crippen LogP contribution in [0.2, 0.25) is 0 Å². The highest BCUT2D eigenvalue weighted by molar-refractivity contribution is 7.30. The molecule has 6 nitrogen and oxygen atoms in total. The third-order valence-corrected chi connectivity index (χ3v) is 7.11. The van der Waals surface area contributed by atoms with E-state index in [1.165, 1.54) is 0 Å². The molecule has 1 heterocycles. The van der Waals surface area contributed by atoms with E-state index in [0.717, 1.165) is 16.7 Å². The second-order valence-corrected chi connectivity index (χ2v) is 10.5. The molecule has 0 aliphatic rings. The first-order chi connectivity index (χ1) is 18.1. The maximum Gasteiger partial charge on any atom is 0.314 e. The Balaban J connectivity index is 0.000000934. The van der Waals surface area contributed by atoms with Gasteiger partial charge in [-0.25, -0.2) is 14.1 Å². The van der Waals surface area contributed by atoms with Crippen LogP contribution in [0.15, 0.2) is 97.3 Å². The number of alkyl halides is 1. The third kappa shape index (κ3) is 6.47. The van der Waals surface area contributed by atoms with E-state index in [4.69, 9.17) is 19.5 Å². The Kier molecular flexibility index (Phi) is 10.1. The SMILES string of the molecule is CC(C)C(F)(CCc1ncn(C(c2ccccc2)(c2ccccc2)c2ccccc2)n1)C(C)C.O=[PH](O)O. The molecule has 0 spiro atoms. The number of hydrogen-bond donors (Lipinski definition) is 2. The van der Waals surface area contributed by atoms with Gasteiger partial charge in [0.2, 0.25) is 0 Å². The van der Waals surface area contributed by atoms with Crippen LogP contribution in [-0.2, 0) is 16.5 Å². The lowest BCUT2D eigenvalue weighted by Gasteiger charge is -2.36. The lowest BCUT2D eigenvalue weighted by Crippen LogP contribution is -2.38. The predicted octanol–water partition coefficient (Wildman–Crippen LogP) is 6.43. The molecule has 0 aliphatic carbocycles. The van der Waals surface area contributed by atoms with Crippen LogP contribution in [0.5, 0.6) is 0 Å². The molecule has 4 rings (SSSR count). The van der Waals surface area contributed by atoms with Crippen LogP contribution in [0, 0.1) is 11.8 Å². The molecule has 0 amide bonds. The number of benzene rings is 3. The van der Waals surface area contributed by atoms with E-state index in [1.54, 1.807) is 6.33 Å². The Hall–Kier alpha value is -3.12. The fourth-order valence-corrected chi connectivity index (χ4v) is 5.06. The van der Waals surface area contributed by atoms with Crippen molar-refractivity contribution in [1.29, 1.82) is 0 Å². The summed E-state index contributed by atoms with van der Waals surface area (Å²) in [5, 5.41) is 4.97. The predicted molar refractivity (Wildman–Crippen MR) is 150 cm³/mol. The molecular formula is C30H37FN3O3P. The molecule has 0 aliphatic heterocycles. The maximum atomic E-state index is 15.7. The van der Waals surface area contributed by atoms with Gasteiger partial charge in [0, 0.05) is 6.42 Å². The summed E-state index contributed by atoms with van der Waals surface area (Å²) in [6.07, 6.45) is 2.70. The Morgan fingerprint density at radius 3 is 1.50 bits per heavy atom. The van der Waals surface area contributed by atoms with Gasteiger partial charge in [0.25, 0.3) is 0 Å². The molecule has 8 heteroatoms. The van der Waals surface area contributed by atoms with E-state index in [-0.39, 0.29) is 11.8 Å². The van der Waals surface area contributed by atoms with Gasteiger partial charge in [-0.2, -0.15) is 5.10 Å². The number of aryl methyl sites for hydroxylation is 1. The summed E-state index contributed by atoms with van der Waals surface area (Å²) >= 11 is 0. The van der Waals surface area contributed by atoms with Gasteiger partial charge in [-0.1, -0.05) is 119 Å². The highest BCUT2D eigenvalue weighted by Gasteiger charge is 2.40. The second-order valence-electron chi connectivity index (χ2n) is 9.93. The van der Waals surface area contributed by atoms with Gasteiger partial charge in [0.15, 0.2) is 5.82 Å². The summed E-state index contributed by atoms with van der Waals surface area (Å²) in [5.74, 6) is 0.536. The Morgan fingerprint density at radius 1 is 0.789 bits per heavy atom. The molecule has 3 aromatic carbocycles. The molecule has 1 aromatic heterocycles. The molecule has 2 N–H and O–H groups in total. The molecule has 4 aromatic rings. The Labute approximate surface area is 225 Å². The summed E-state index contributed by atoms with van der Waals surface area (Å²) in [4.78, 5) is 19.0. The van der Waals surface area contributed by atoms with Crippen LogP contribution >= 0.6 is 8.25 Å². The van der Waals surface area contributed by atoms with E-state index < -0.39 is 19.5 Å². The minimum absolute atomic E-state index is 0.0633. The normalized spacial score (nSPS) is 12.1. The van der Waals surface area contributed by atoms with Gasteiger partial charge in [-0.05, 0) is 34.9 Å². The van der Waals surface area contributed by atoms with Gasteiger partial charge < -0.3 is 9.79 Å². The molecule has 0 atom stereocenters. The van der Waals surface area contributed by atoms with E-state index in [1.807, 2.05) is 50.6 Å². The molecule has 202 valence electrons. The molecular weight excluding hydrogens is 500 g/mol. The van der Waals surface area contributed by atoms with E-state index in [0.29, 0.717) is 18.7 Å². The minimum atomic E-state index is -3.13. The zero-order valence-corrected chi connectivity index (χ0v) is 23.3. The van der Waals surface area contributed by atoms with Gasteiger partial charge >= 0.3 is 8.25 Å². The van der Waals surface area contributed by atoms with E-state index >= 15 is 4.39 Å². The Bertz CT molecular complexity index is 1170. The number of halogens is 1. The van der Waals surface area contributed by atoms with Crippen molar-refractivity contribution >= 4 is 8.25 Å². The number of nitrogens with zero attached hydrogens (tertiary/aromatic N) is 3. The molecule has 38 heavy (non-hydrogen) atoms. The second kappa shape index (κ2) is 13.1. The van der Waals surface area contributed by atoms with Crippen LogP contribution in [0.4, 0.5) is 4.39 Å². The topological polar surface area (TPSA) is 88.2 Å². The summed E-state index contributed by atoms with van der Waals surface area (Å²) in [6, 6.07) is 31.2. The number of rotatable bonds is 9. The van der Waals surface area contributed by atoms with Crippen molar-refractivity contribution in [2.45, 2.75) is 51.7 Å². The summed E-state index contributed by atoms with van der Waals surface area (Å²) in [5.41, 5.74) is 1.33. The van der Waals surface area contributed by atoms with E-state index in [2.05, 4.69) is 77.8 Å². The van der Waals surface area contributed by atoms with Crippen LogP contribution < -0.4 is 0 Å². The van der Waals surface area contributed by atoms with Crippen molar-refractivity contribution in [1.82, 2.24) is 14.8 Å². The first-order valence-electron chi connectivity index (χ1n) is 12.8. The molecule has 0 fully saturated rings. The quantitative estimate of drug-likeness (QED) is 0.190. The highest BCUT2D eigenvalue weighted by atomic mass is 31.1. The van der Waals surface area contributed by atoms with Crippen molar-refractivity contribution in [3.05, 3.63) is 120 Å². The van der Waals surface area contributed by atoms with Crippen LogP contribution in [-0.4, -0.2) is 30.2 Å². The number of hydrogen-bond acceptors (Lipinski definition) is 3. The lowest BCUT2D eigenvalue weighted by atomic mass is 9.77. The third-order valence-electron chi connectivity index (χ3n) is 7.11. The van der Waals surface area contributed by atoms with Crippen molar-refractivity contribution in [3.8, 4) is 0 Å². The monoisotopic (exact) mass is 537 g/mol. The molecule has 0 saturated carbocycles. The zero-order chi connectivity index (χ0) is 27.8. The molecule has 0 radical (unpaired) electrons. The maximum absolute atomic E-state index is 15.7. The van der Waals surface area contributed by atoms with Crippen LogP contribution in [0.1, 0.15) is 56.6 Å². The van der Waals surface area contributed by atoms with Crippen molar-refractivity contribution < 1.29 is 18.7 Å². The average Bonchev–Trinajstić information content (AvgIpc) is 3.38. The fraction of sp³-hybridized carbons (Fsp3) is 0.333. The van der Waals surface area contributed by atoms with Crippen molar-refractivity contribution in [3.63, 3.8) is 0 Å². The van der Waals surface area contributed by atoms with E-state index in [9.17, 15) is 0 Å². The van der Waals surface area contributed by atoms with Crippen molar-refractivity contribution in [2.75, 3.05) is 0 Å². The highest BCUT2D eigenvalue weighted by Crippen LogP contribution is 2.40. The van der Waals surface area contributed by atoms with Crippen LogP contribution in [0.3, 0.4) is 0 Å². The zero-order valence-electron chi connectivity index (χ0n) is 22.3. The lowest BCUT2D eigenvalue weighted by molar-refractivity contribution is 0.0368. The summed E-state index contributed by atoms with van der Waals surface area (Å²) in [7, 11) is -3.13. The molecule has 0 unspecified atom stereocenters. The molecule has 0 saturated heterocycles. The molecule has 0 bridgehead atoms. The first-order valence-corrected chi connectivity index (χ1v) is 14.1. The van der Waals surface area contributed by atoms with Gasteiger partial charge in [-0.15, -0.1) is 0 Å². The fourth-order valence-electron chi connectivity index (χ4n) is 5.06. The van der Waals surface area contributed by atoms with Gasteiger partial charge in [0.1, 0.15) is 17.5 Å². The first kappa shape index (κ1) is 29.4. The number of aromatic nitrogens is 3. The average molecular weight is 538 g/mol. The smallest absolute Gasteiger partial charge is 0.314 e. The minimum Gasteiger partial charge on any atom is -0.326 e. The standard InChI is InChI=1S/C30H34FN3.H3O3P/c1-23(2)29(31,24(3)4)21-20-28-32-22-34(33-28)30(25-14-8-5-9-15-25,26-16-10-6-11-17-26)27-18-12-7-13-19-27;1-4(2)3/h5-19,22-24H,20-21H2,1-4H3;4H,(H2,1,2,3). The summed E-state index contributed by atoms with van der Waals surface area (Å²) in [6.45, 7) is 7.82. The van der Waals surface area contributed by atoms with Crippen molar-refractivity contribution in [2.24, 2.45) is 11.8 Å². The van der Waals surface area contributed by atoms with Crippen LogP contribution in [0.25, 0.3) is 0 Å². The largest absolute Gasteiger partial charge is 0.326 e. The van der Waals surface area contributed by atoms with Gasteiger partial charge in [-0.3, -0.25) is 4.57 Å². The Morgan fingerprint density at radius 2 is 1.16 bits per heavy atom.